The van der Waals surface area contributed by atoms with E-state index >= 15 is 0 Å². The van der Waals surface area contributed by atoms with Crippen molar-refractivity contribution in [1.82, 2.24) is 0 Å². The molecule has 0 spiro atoms. The second kappa shape index (κ2) is 8.11. The van der Waals surface area contributed by atoms with Gasteiger partial charge in [0.05, 0.1) is 19.3 Å². The molecule has 112 valence electrons. The molecule has 1 unspecified atom stereocenters. The third kappa shape index (κ3) is 5.79. The predicted octanol–water partition coefficient (Wildman–Crippen LogP) is 4.98. The molecule has 0 saturated carbocycles. The Labute approximate surface area is 123 Å². The zero-order valence-corrected chi connectivity index (χ0v) is 13.3. The van der Waals surface area contributed by atoms with Gasteiger partial charge < -0.3 is 9.47 Å². The molecule has 1 aromatic rings. The standard InChI is InChI=1S/C18H28O2/c1-6-18(4,13-7-8-15(2)3)20-14-16-9-11-17(19-5)12-10-16/h6,9-12,15H,1,7-8,13-14H2,2-5H3. The molecule has 1 rings (SSSR count). The average Bonchev–Trinajstić information content (AvgIpc) is 2.45. The highest BCUT2D eigenvalue weighted by molar-refractivity contribution is 5.26. The molecule has 1 atom stereocenters. The van der Waals surface area contributed by atoms with Crippen molar-refractivity contribution in [2.45, 2.75) is 52.2 Å². The summed E-state index contributed by atoms with van der Waals surface area (Å²) in [7, 11) is 1.68. The lowest BCUT2D eigenvalue weighted by Gasteiger charge is -2.27. The van der Waals surface area contributed by atoms with Gasteiger partial charge in [-0.05, 0) is 37.0 Å². The molecule has 0 fully saturated rings. The van der Waals surface area contributed by atoms with Crippen LogP contribution >= 0.6 is 0 Å². The molecule has 0 radical (unpaired) electrons. The highest BCUT2D eigenvalue weighted by Crippen LogP contribution is 2.23. The van der Waals surface area contributed by atoms with Gasteiger partial charge in [0.1, 0.15) is 5.75 Å². The molecule has 0 bridgehead atoms. The first kappa shape index (κ1) is 16.8. The van der Waals surface area contributed by atoms with E-state index in [1.807, 2.05) is 30.3 Å². The molecule has 0 amide bonds. The van der Waals surface area contributed by atoms with Gasteiger partial charge in [-0.15, -0.1) is 6.58 Å². The lowest BCUT2D eigenvalue weighted by Crippen LogP contribution is -2.25. The van der Waals surface area contributed by atoms with Gasteiger partial charge in [-0.25, -0.2) is 0 Å². The van der Waals surface area contributed by atoms with Gasteiger partial charge in [0.15, 0.2) is 0 Å². The molecular formula is C18H28O2. The quantitative estimate of drug-likeness (QED) is 0.592. The summed E-state index contributed by atoms with van der Waals surface area (Å²) in [4.78, 5) is 0. The second-order valence-corrected chi connectivity index (χ2v) is 5.94. The van der Waals surface area contributed by atoms with E-state index in [0.29, 0.717) is 6.61 Å². The minimum absolute atomic E-state index is 0.241. The minimum atomic E-state index is -0.241. The zero-order valence-electron chi connectivity index (χ0n) is 13.3. The van der Waals surface area contributed by atoms with Crippen LogP contribution in [0, 0.1) is 5.92 Å². The molecule has 0 saturated heterocycles. The van der Waals surface area contributed by atoms with E-state index in [1.54, 1.807) is 7.11 Å². The Bertz CT molecular complexity index is 394. The Balaban J connectivity index is 2.48. The number of benzene rings is 1. The van der Waals surface area contributed by atoms with Crippen LogP contribution in [-0.4, -0.2) is 12.7 Å². The Morgan fingerprint density at radius 3 is 2.40 bits per heavy atom. The molecule has 1 aromatic carbocycles. The van der Waals surface area contributed by atoms with Crippen LogP contribution in [0.1, 0.15) is 45.6 Å². The molecule has 0 aliphatic rings. The summed E-state index contributed by atoms with van der Waals surface area (Å²) in [6.45, 7) is 11.2. The van der Waals surface area contributed by atoms with Crippen LogP contribution in [0.25, 0.3) is 0 Å². The largest absolute Gasteiger partial charge is 0.497 e. The van der Waals surface area contributed by atoms with Gasteiger partial charge in [0, 0.05) is 0 Å². The van der Waals surface area contributed by atoms with Gasteiger partial charge in [-0.2, -0.15) is 0 Å². The highest BCUT2D eigenvalue weighted by Gasteiger charge is 2.20. The fourth-order valence-corrected chi connectivity index (χ4v) is 2.06. The van der Waals surface area contributed by atoms with Gasteiger partial charge in [0.25, 0.3) is 0 Å². The molecular weight excluding hydrogens is 248 g/mol. The fourth-order valence-electron chi connectivity index (χ4n) is 2.06. The molecule has 0 heterocycles. The minimum Gasteiger partial charge on any atom is -0.497 e. The van der Waals surface area contributed by atoms with Crippen molar-refractivity contribution < 1.29 is 9.47 Å². The molecule has 0 N–H and O–H groups in total. The smallest absolute Gasteiger partial charge is 0.118 e. The lowest BCUT2D eigenvalue weighted by molar-refractivity contribution is -0.0143. The second-order valence-electron chi connectivity index (χ2n) is 5.94. The van der Waals surface area contributed by atoms with Crippen molar-refractivity contribution in [3.63, 3.8) is 0 Å². The molecule has 0 aliphatic carbocycles. The molecule has 20 heavy (non-hydrogen) atoms. The Kier molecular flexibility index (Phi) is 6.80. The first-order chi connectivity index (χ1) is 9.49. The van der Waals surface area contributed by atoms with Crippen molar-refractivity contribution >= 4 is 0 Å². The van der Waals surface area contributed by atoms with E-state index in [2.05, 4.69) is 27.4 Å². The van der Waals surface area contributed by atoms with Crippen LogP contribution < -0.4 is 4.74 Å². The molecule has 2 nitrogen and oxygen atoms in total. The lowest BCUT2D eigenvalue weighted by atomic mass is 9.96. The highest BCUT2D eigenvalue weighted by atomic mass is 16.5. The predicted molar refractivity (Wildman–Crippen MR) is 85.1 cm³/mol. The monoisotopic (exact) mass is 276 g/mol. The van der Waals surface area contributed by atoms with E-state index < -0.39 is 0 Å². The van der Waals surface area contributed by atoms with Crippen molar-refractivity contribution in [2.75, 3.05) is 7.11 Å². The Hall–Kier alpha value is -1.28. The maximum atomic E-state index is 6.06. The van der Waals surface area contributed by atoms with E-state index in [-0.39, 0.29) is 5.60 Å². The first-order valence-corrected chi connectivity index (χ1v) is 7.39. The summed E-state index contributed by atoms with van der Waals surface area (Å²) in [6, 6.07) is 8.00. The normalized spacial score (nSPS) is 14.1. The number of methoxy groups -OCH3 is 1. The van der Waals surface area contributed by atoms with Crippen molar-refractivity contribution in [1.29, 1.82) is 0 Å². The van der Waals surface area contributed by atoms with Gasteiger partial charge >= 0.3 is 0 Å². The maximum absolute atomic E-state index is 6.06. The number of hydrogen-bond acceptors (Lipinski definition) is 2. The number of ether oxygens (including phenoxy) is 2. The third-order valence-electron chi connectivity index (χ3n) is 3.61. The van der Waals surface area contributed by atoms with Crippen LogP contribution in [0.4, 0.5) is 0 Å². The van der Waals surface area contributed by atoms with E-state index in [0.717, 1.165) is 23.7 Å². The Morgan fingerprint density at radius 1 is 1.25 bits per heavy atom. The zero-order chi connectivity index (χ0) is 15.0. The summed E-state index contributed by atoms with van der Waals surface area (Å²) in [5, 5.41) is 0. The van der Waals surface area contributed by atoms with E-state index in [9.17, 15) is 0 Å². The fraction of sp³-hybridized carbons (Fsp3) is 0.556. The van der Waals surface area contributed by atoms with Crippen molar-refractivity contribution in [3.05, 3.63) is 42.5 Å². The van der Waals surface area contributed by atoms with Crippen LogP contribution in [0.2, 0.25) is 0 Å². The average molecular weight is 276 g/mol. The molecule has 0 aliphatic heterocycles. The van der Waals surface area contributed by atoms with E-state index in [1.165, 1.54) is 12.8 Å². The van der Waals surface area contributed by atoms with Gasteiger partial charge in [-0.3, -0.25) is 0 Å². The summed E-state index contributed by atoms with van der Waals surface area (Å²) >= 11 is 0. The number of rotatable bonds is 9. The summed E-state index contributed by atoms with van der Waals surface area (Å²) in [6.07, 6.45) is 5.35. The summed E-state index contributed by atoms with van der Waals surface area (Å²) in [5.74, 6) is 1.61. The van der Waals surface area contributed by atoms with E-state index in [4.69, 9.17) is 9.47 Å². The third-order valence-corrected chi connectivity index (χ3v) is 3.61. The van der Waals surface area contributed by atoms with Crippen LogP contribution in [0.5, 0.6) is 5.75 Å². The maximum Gasteiger partial charge on any atom is 0.118 e. The van der Waals surface area contributed by atoms with Gasteiger partial charge in [-0.1, -0.05) is 44.9 Å². The molecule has 0 aromatic heterocycles. The first-order valence-electron chi connectivity index (χ1n) is 7.39. The number of hydrogen-bond donors (Lipinski definition) is 0. The molecule has 2 heteroatoms. The van der Waals surface area contributed by atoms with Crippen molar-refractivity contribution in [2.24, 2.45) is 5.92 Å². The summed E-state index contributed by atoms with van der Waals surface area (Å²) in [5.41, 5.74) is 0.914. The van der Waals surface area contributed by atoms with Crippen LogP contribution in [-0.2, 0) is 11.3 Å². The summed E-state index contributed by atoms with van der Waals surface area (Å²) < 4.78 is 11.2. The van der Waals surface area contributed by atoms with Crippen molar-refractivity contribution in [3.8, 4) is 5.75 Å². The van der Waals surface area contributed by atoms with Crippen LogP contribution in [0.3, 0.4) is 0 Å². The Morgan fingerprint density at radius 2 is 1.90 bits per heavy atom. The SMILES string of the molecule is C=CC(C)(CCCC(C)C)OCc1ccc(OC)cc1. The van der Waals surface area contributed by atoms with Gasteiger partial charge in [0.2, 0.25) is 0 Å². The van der Waals surface area contributed by atoms with Crippen LogP contribution in [0.15, 0.2) is 36.9 Å². The topological polar surface area (TPSA) is 18.5 Å².